The van der Waals surface area contributed by atoms with Crippen molar-refractivity contribution in [2.75, 3.05) is 0 Å². The molecular weight excluding hydrogens is 354 g/mol. The van der Waals surface area contributed by atoms with Crippen LogP contribution in [0.1, 0.15) is 22.5 Å². The van der Waals surface area contributed by atoms with Crippen molar-refractivity contribution in [3.8, 4) is 11.4 Å². The molecule has 0 N–H and O–H groups in total. The van der Waals surface area contributed by atoms with E-state index in [2.05, 4.69) is 58.9 Å². The summed E-state index contributed by atoms with van der Waals surface area (Å²) in [5, 5.41) is 9.84. The predicted molar refractivity (Wildman–Crippen MR) is 109 cm³/mol. The van der Waals surface area contributed by atoms with Crippen LogP contribution < -0.4 is 0 Å². The second-order valence-electron chi connectivity index (χ2n) is 6.56. The number of aryl methyl sites for hydroxylation is 2. The molecule has 0 amide bonds. The van der Waals surface area contributed by atoms with E-state index in [0.29, 0.717) is 6.54 Å². The van der Waals surface area contributed by atoms with E-state index < -0.39 is 0 Å². The zero-order valence-electron chi connectivity index (χ0n) is 15.4. The van der Waals surface area contributed by atoms with Crippen molar-refractivity contribution < 1.29 is 4.42 Å². The van der Waals surface area contributed by atoms with E-state index >= 15 is 0 Å². The van der Waals surface area contributed by atoms with Crippen molar-refractivity contribution in [1.82, 2.24) is 14.8 Å². The van der Waals surface area contributed by atoms with Gasteiger partial charge in [0.2, 0.25) is 0 Å². The van der Waals surface area contributed by atoms with E-state index in [1.165, 1.54) is 16.7 Å². The molecule has 4 rings (SSSR count). The predicted octanol–water partition coefficient (Wildman–Crippen LogP) is 5.50. The van der Waals surface area contributed by atoms with Gasteiger partial charge in [0.25, 0.3) is 0 Å². The molecule has 27 heavy (non-hydrogen) atoms. The molecule has 5 heteroatoms. The van der Waals surface area contributed by atoms with E-state index in [-0.39, 0.29) is 0 Å². The Morgan fingerprint density at radius 3 is 2.59 bits per heavy atom. The van der Waals surface area contributed by atoms with E-state index in [1.54, 1.807) is 18.0 Å². The molecule has 0 aliphatic rings. The molecule has 0 bridgehead atoms. The summed E-state index contributed by atoms with van der Waals surface area (Å²) in [4.78, 5) is 0. The van der Waals surface area contributed by atoms with Gasteiger partial charge >= 0.3 is 0 Å². The van der Waals surface area contributed by atoms with Crippen LogP contribution in [0.2, 0.25) is 0 Å². The molecule has 0 fully saturated rings. The number of hydrogen-bond donors (Lipinski definition) is 0. The van der Waals surface area contributed by atoms with Crippen LogP contribution in [0.15, 0.2) is 76.5 Å². The SMILES string of the molecule is Cc1ccc(C)c(CSc2nnc(-c3ccccc3)n2Cc2ccco2)c1. The average Bonchev–Trinajstić information content (AvgIpc) is 3.34. The summed E-state index contributed by atoms with van der Waals surface area (Å²) < 4.78 is 7.69. The number of aromatic nitrogens is 3. The molecule has 0 saturated heterocycles. The molecule has 0 spiro atoms. The Morgan fingerprint density at radius 1 is 0.963 bits per heavy atom. The summed E-state index contributed by atoms with van der Waals surface area (Å²) in [5.41, 5.74) is 4.95. The van der Waals surface area contributed by atoms with Crippen LogP contribution in [-0.2, 0) is 12.3 Å². The molecule has 0 aliphatic carbocycles. The highest BCUT2D eigenvalue weighted by atomic mass is 32.2. The Kier molecular flexibility index (Phi) is 5.12. The van der Waals surface area contributed by atoms with Gasteiger partial charge in [-0.2, -0.15) is 0 Å². The second-order valence-corrected chi connectivity index (χ2v) is 7.50. The highest BCUT2D eigenvalue weighted by Gasteiger charge is 2.16. The summed E-state index contributed by atoms with van der Waals surface area (Å²) >= 11 is 1.71. The summed E-state index contributed by atoms with van der Waals surface area (Å²) in [6.45, 7) is 4.89. The largest absolute Gasteiger partial charge is 0.467 e. The molecule has 136 valence electrons. The van der Waals surface area contributed by atoms with Crippen LogP contribution in [0, 0.1) is 13.8 Å². The van der Waals surface area contributed by atoms with Gasteiger partial charge in [-0.05, 0) is 37.1 Å². The van der Waals surface area contributed by atoms with Crippen molar-refractivity contribution in [2.24, 2.45) is 0 Å². The number of furan rings is 1. The monoisotopic (exact) mass is 375 g/mol. The lowest BCUT2D eigenvalue weighted by Crippen LogP contribution is -2.03. The number of thioether (sulfide) groups is 1. The average molecular weight is 375 g/mol. The molecule has 2 aromatic heterocycles. The van der Waals surface area contributed by atoms with E-state index in [0.717, 1.165) is 28.1 Å². The Balaban J connectivity index is 1.65. The Labute approximate surface area is 163 Å². The fourth-order valence-corrected chi connectivity index (χ4v) is 4.00. The van der Waals surface area contributed by atoms with Crippen LogP contribution in [0.4, 0.5) is 0 Å². The molecule has 0 atom stereocenters. The lowest BCUT2D eigenvalue weighted by Gasteiger charge is -2.10. The van der Waals surface area contributed by atoms with Crippen molar-refractivity contribution in [2.45, 2.75) is 31.3 Å². The highest BCUT2D eigenvalue weighted by Crippen LogP contribution is 2.28. The van der Waals surface area contributed by atoms with Crippen molar-refractivity contribution in [3.63, 3.8) is 0 Å². The van der Waals surface area contributed by atoms with Gasteiger partial charge in [0.1, 0.15) is 5.76 Å². The second kappa shape index (κ2) is 7.84. The van der Waals surface area contributed by atoms with Crippen LogP contribution >= 0.6 is 11.8 Å². The van der Waals surface area contributed by atoms with Crippen molar-refractivity contribution >= 4 is 11.8 Å². The van der Waals surface area contributed by atoms with Gasteiger partial charge in [-0.15, -0.1) is 10.2 Å². The lowest BCUT2D eigenvalue weighted by atomic mass is 10.1. The smallest absolute Gasteiger partial charge is 0.192 e. The summed E-state index contributed by atoms with van der Waals surface area (Å²) in [6.07, 6.45) is 1.70. The third-order valence-electron chi connectivity index (χ3n) is 4.50. The molecule has 2 heterocycles. The Bertz CT molecular complexity index is 1020. The first-order chi connectivity index (χ1) is 13.2. The molecule has 4 aromatic rings. The van der Waals surface area contributed by atoms with Gasteiger partial charge in [-0.3, -0.25) is 4.57 Å². The van der Waals surface area contributed by atoms with Crippen LogP contribution in [-0.4, -0.2) is 14.8 Å². The number of rotatable bonds is 6. The summed E-state index contributed by atoms with van der Waals surface area (Å²) in [7, 11) is 0. The summed E-state index contributed by atoms with van der Waals surface area (Å²) in [6, 6.07) is 20.6. The van der Waals surface area contributed by atoms with Crippen molar-refractivity contribution in [3.05, 3.63) is 89.4 Å². The van der Waals surface area contributed by atoms with Crippen LogP contribution in [0.5, 0.6) is 0 Å². The molecule has 0 radical (unpaired) electrons. The summed E-state index contributed by atoms with van der Waals surface area (Å²) in [5.74, 6) is 2.61. The molecule has 0 aliphatic heterocycles. The van der Waals surface area contributed by atoms with Crippen LogP contribution in [0.25, 0.3) is 11.4 Å². The van der Waals surface area contributed by atoms with Gasteiger partial charge < -0.3 is 4.42 Å². The van der Waals surface area contributed by atoms with Gasteiger partial charge in [0.05, 0.1) is 12.8 Å². The van der Waals surface area contributed by atoms with Gasteiger partial charge in [-0.1, -0.05) is 65.9 Å². The maximum Gasteiger partial charge on any atom is 0.192 e. The third-order valence-corrected chi connectivity index (χ3v) is 5.52. The maximum absolute atomic E-state index is 5.56. The van der Waals surface area contributed by atoms with E-state index in [1.807, 2.05) is 30.3 Å². The maximum atomic E-state index is 5.56. The quantitative estimate of drug-likeness (QED) is 0.418. The molecule has 4 nitrogen and oxygen atoms in total. The van der Waals surface area contributed by atoms with Gasteiger partial charge in [0.15, 0.2) is 11.0 Å². The number of benzene rings is 2. The first-order valence-corrected chi connectivity index (χ1v) is 9.89. The fraction of sp³-hybridized carbons (Fsp3) is 0.182. The molecular formula is C22H21N3OS. The molecule has 0 saturated carbocycles. The van der Waals surface area contributed by atoms with Gasteiger partial charge in [0, 0.05) is 11.3 Å². The molecule has 0 unspecified atom stereocenters. The zero-order valence-corrected chi connectivity index (χ0v) is 16.2. The standard InChI is InChI=1S/C22H21N3OS/c1-16-10-11-17(2)19(13-16)15-27-22-24-23-21(18-7-4-3-5-8-18)25(22)14-20-9-6-12-26-20/h3-13H,14-15H2,1-2H3. The third kappa shape index (κ3) is 3.98. The molecule has 2 aromatic carbocycles. The number of hydrogen-bond acceptors (Lipinski definition) is 4. The lowest BCUT2D eigenvalue weighted by molar-refractivity contribution is 0.485. The Hall–Kier alpha value is -2.79. The minimum Gasteiger partial charge on any atom is -0.467 e. The normalized spacial score (nSPS) is 11.0. The zero-order chi connectivity index (χ0) is 18.6. The van der Waals surface area contributed by atoms with Crippen LogP contribution in [0.3, 0.4) is 0 Å². The number of nitrogens with zero attached hydrogens (tertiary/aromatic N) is 3. The van der Waals surface area contributed by atoms with Crippen molar-refractivity contribution in [1.29, 1.82) is 0 Å². The Morgan fingerprint density at radius 2 is 1.81 bits per heavy atom. The van der Waals surface area contributed by atoms with E-state index in [4.69, 9.17) is 4.42 Å². The minimum absolute atomic E-state index is 0.610. The fourth-order valence-electron chi connectivity index (χ4n) is 3.00. The first kappa shape index (κ1) is 17.6. The topological polar surface area (TPSA) is 43.9 Å². The minimum atomic E-state index is 0.610. The highest BCUT2D eigenvalue weighted by molar-refractivity contribution is 7.98. The van der Waals surface area contributed by atoms with Gasteiger partial charge in [-0.25, -0.2) is 0 Å². The first-order valence-electron chi connectivity index (χ1n) is 8.90. The van der Waals surface area contributed by atoms with E-state index in [9.17, 15) is 0 Å².